The Labute approximate surface area is 211 Å². The van der Waals surface area contributed by atoms with Gasteiger partial charge in [0.25, 0.3) is 0 Å². The first-order valence-electron chi connectivity index (χ1n) is 12.3. The van der Waals surface area contributed by atoms with E-state index >= 15 is 0 Å². The Balaban J connectivity index is 1.25. The van der Waals surface area contributed by atoms with E-state index in [0.717, 1.165) is 35.4 Å². The van der Waals surface area contributed by atoms with Gasteiger partial charge in [0.15, 0.2) is 0 Å². The topological polar surface area (TPSA) is 97.6 Å². The smallest absolute Gasteiger partial charge is 0.243 e. The molecule has 0 bridgehead atoms. The van der Waals surface area contributed by atoms with Crippen LogP contribution in [0.3, 0.4) is 0 Å². The molecule has 2 fully saturated rings. The normalized spacial score (nSPS) is 19.3. The summed E-state index contributed by atoms with van der Waals surface area (Å²) in [5, 5.41) is 10.1. The fraction of sp³-hybridized carbons (Fsp3) is 0.370. The van der Waals surface area contributed by atoms with Crippen molar-refractivity contribution in [2.75, 3.05) is 44.2 Å². The Hall–Kier alpha value is -3.48. The summed E-state index contributed by atoms with van der Waals surface area (Å²) in [5.74, 6) is -0.312. The number of hydrogen-bond acceptors (Lipinski definition) is 6. The summed E-state index contributed by atoms with van der Waals surface area (Å²) in [7, 11) is -3.71. The van der Waals surface area contributed by atoms with Crippen LogP contribution >= 0.6 is 0 Å². The Kier molecular flexibility index (Phi) is 6.65. The number of hydrogen-bond donors (Lipinski definition) is 0. The number of nitriles is 1. The maximum atomic E-state index is 13.4. The molecule has 0 spiro atoms. The highest BCUT2D eigenvalue weighted by Gasteiger charge is 2.36. The fourth-order valence-corrected chi connectivity index (χ4v) is 6.71. The van der Waals surface area contributed by atoms with E-state index in [1.54, 1.807) is 0 Å². The maximum Gasteiger partial charge on any atom is 0.243 e. The van der Waals surface area contributed by atoms with Crippen LogP contribution in [0.1, 0.15) is 24.1 Å². The first-order valence-corrected chi connectivity index (χ1v) is 13.7. The van der Waals surface area contributed by atoms with Gasteiger partial charge >= 0.3 is 0 Å². The van der Waals surface area contributed by atoms with Crippen molar-refractivity contribution >= 4 is 32.5 Å². The number of carbonyl (C=O) groups excluding carboxylic acids is 1. The number of fused-ring (bicyclic) bond motifs is 1. The molecule has 1 amide bonds. The molecule has 0 N–H and O–H groups in total. The van der Waals surface area contributed by atoms with E-state index in [0.29, 0.717) is 38.0 Å². The number of rotatable bonds is 4. The van der Waals surface area contributed by atoms with Crippen molar-refractivity contribution in [3.8, 4) is 6.07 Å². The number of anilines is 1. The molecule has 9 heteroatoms. The number of amides is 1. The molecule has 1 unspecified atom stereocenters. The van der Waals surface area contributed by atoms with Gasteiger partial charge in [-0.2, -0.15) is 9.57 Å². The molecule has 2 saturated heterocycles. The van der Waals surface area contributed by atoms with Gasteiger partial charge in [-0.05, 0) is 56.2 Å². The summed E-state index contributed by atoms with van der Waals surface area (Å²) in [5.41, 5.74) is 3.49. The van der Waals surface area contributed by atoms with Gasteiger partial charge in [0.1, 0.15) is 0 Å². The van der Waals surface area contributed by atoms with E-state index in [4.69, 9.17) is 5.26 Å². The van der Waals surface area contributed by atoms with Crippen LogP contribution < -0.4 is 4.90 Å². The number of aryl methyl sites for hydroxylation is 1. The van der Waals surface area contributed by atoms with Crippen molar-refractivity contribution < 1.29 is 13.2 Å². The second kappa shape index (κ2) is 9.88. The predicted molar refractivity (Wildman–Crippen MR) is 138 cm³/mol. The van der Waals surface area contributed by atoms with Crippen molar-refractivity contribution in [3.63, 3.8) is 0 Å². The molecular weight excluding hydrogens is 474 g/mol. The third-order valence-electron chi connectivity index (χ3n) is 7.11. The van der Waals surface area contributed by atoms with Crippen LogP contribution in [0.2, 0.25) is 0 Å². The minimum absolute atomic E-state index is 0.0325. The molecule has 186 valence electrons. The van der Waals surface area contributed by atoms with Gasteiger partial charge in [0, 0.05) is 56.0 Å². The number of sulfonamides is 1. The van der Waals surface area contributed by atoms with Gasteiger partial charge in [0.05, 0.1) is 28.0 Å². The molecular formula is C27H29N5O3S. The lowest BCUT2D eigenvalue weighted by atomic mass is 9.97. The first-order chi connectivity index (χ1) is 17.4. The molecule has 0 aliphatic carbocycles. The highest BCUT2D eigenvalue weighted by Crippen LogP contribution is 2.29. The minimum Gasteiger partial charge on any atom is -0.367 e. The average Bonchev–Trinajstić information content (AvgIpc) is 2.92. The molecule has 8 nitrogen and oxygen atoms in total. The third-order valence-corrected chi connectivity index (χ3v) is 8.99. The number of piperazine rings is 1. The van der Waals surface area contributed by atoms with Gasteiger partial charge in [-0.3, -0.25) is 9.78 Å². The zero-order valence-corrected chi connectivity index (χ0v) is 21.1. The number of piperidine rings is 1. The van der Waals surface area contributed by atoms with Crippen LogP contribution in [0.25, 0.3) is 10.9 Å². The van der Waals surface area contributed by atoms with Crippen molar-refractivity contribution in [3.05, 3.63) is 65.9 Å². The summed E-state index contributed by atoms with van der Waals surface area (Å²) >= 11 is 0. The largest absolute Gasteiger partial charge is 0.367 e. The van der Waals surface area contributed by atoms with Gasteiger partial charge < -0.3 is 9.80 Å². The van der Waals surface area contributed by atoms with Crippen LogP contribution in [0.4, 0.5) is 5.69 Å². The van der Waals surface area contributed by atoms with Crippen LogP contribution in [0.5, 0.6) is 0 Å². The molecule has 1 aromatic heterocycles. The average molecular weight is 504 g/mol. The molecule has 2 aliphatic heterocycles. The minimum atomic E-state index is -3.71. The molecule has 3 aromatic rings. The maximum absolute atomic E-state index is 13.4. The van der Waals surface area contributed by atoms with Gasteiger partial charge in [0.2, 0.25) is 15.9 Å². The monoisotopic (exact) mass is 503 g/mol. The summed E-state index contributed by atoms with van der Waals surface area (Å²) in [6.07, 6.45) is 1.33. The molecule has 36 heavy (non-hydrogen) atoms. The second-order valence-electron chi connectivity index (χ2n) is 9.45. The molecule has 1 atom stereocenters. The van der Waals surface area contributed by atoms with E-state index in [1.165, 1.54) is 28.6 Å². The standard InChI is InChI=1S/C27H29N5O3S/c1-20-17-26(24-6-2-3-7-25(24)29-20)30-13-15-31(16-14-30)27(33)22-5-4-12-32(19-22)36(34,35)23-10-8-21(18-28)9-11-23/h2-3,6-11,17,22H,4-5,12-16,19H2,1H3. The Morgan fingerprint density at radius 2 is 1.75 bits per heavy atom. The van der Waals surface area contributed by atoms with Gasteiger partial charge in [-0.1, -0.05) is 18.2 Å². The zero-order valence-electron chi connectivity index (χ0n) is 20.3. The van der Waals surface area contributed by atoms with Crippen molar-refractivity contribution in [2.24, 2.45) is 5.92 Å². The number of nitrogens with zero attached hydrogens (tertiary/aromatic N) is 5. The summed E-state index contributed by atoms with van der Waals surface area (Å²) < 4.78 is 27.8. The van der Waals surface area contributed by atoms with Crippen molar-refractivity contribution in [1.82, 2.24) is 14.2 Å². The number of carbonyl (C=O) groups is 1. The van der Waals surface area contributed by atoms with E-state index < -0.39 is 10.0 Å². The first kappa shape index (κ1) is 24.2. The Morgan fingerprint density at radius 3 is 2.47 bits per heavy atom. The van der Waals surface area contributed by atoms with Crippen molar-refractivity contribution in [1.29, 1.82) is 5.26 Å². The fourth-order valence-electron chi connectivity index (χ4n) is 5.19. The second-order valence-corrected chi connectivity index (χ2v) is 11.4. The number of pyridine rings is 1. The number of aromatic nitrogens is 1. The van der Waals surface area contributed by atoms with Crippen LogP contribution in [0, 0.1) is 24.2 Å². The van der Waals surface area contributed by atoms with E-state index in [1.807, 2.05) is 36.1 Å². The highest BCUT2D eigenvalue weighted by atomic mass is 32.2. The lowest BCUT2D eigenvalue weighted by Crippen LogP contribution is -2.53. The Bertz CT molecular complexity index is 1420. The van der Waals surface area contributed by atoms with Crippen LogP contribution in [-0.4, -0.2) is 67.8 Å². The summed E-state index contributed by atoms with van der Waals surface area (Å²) in [6.45, 7) is 5.24. The van der Waals surface area contributed by atoms with E-state index in [9.17, 15) is 13.2 Å². The number of para-hydroxylation sites is 1. The van der Waals surface area contributed by atoms with Crippen molar-refractivity contribution in [2.45, 2.75) is 24.7 Å². The van der Waals surface area contributed by atoms with Gasteiger partial charge in [-0.15, -0.1) is 0 Å². The van der Waals surface area contributed by atoms with E-state index in [-0.39, 0.29) is 23.3 Å². The molecule has 0 saturated carbocycles. The lowest BCUT2D eigenvalue weighted by molar-refractivity contribution is -0.137. The third kappa shape index (κ3) is 4.66. The lowest BCUT2D eigenvalue weighted by Gasteiger charge is -2.39. The van der Waals surface area contributed by atoms with Gasteiger partial charge in [-0.25, -0.2) is 8.42 Å². The SMILES string of the molecule is Cc1cc(N2CCN(C(=O)C3CCCN(S(=O)(=O)c4ccc(C#N)cc4)C3)CC2)c2ccccc2n1. The molecule has 2 aromatic carbocycles. The van der Waals surface area contributed by atoms with Crippen LogP contribution in [-0.2, 0) is 14.8 Å². The Morgan fingerprint density at radius 1 is 1.03 bits per heavy atom. The molecule has 2 aliphatic rings. The quantitative estimate of drug-likeness (QED) is 0.543. The predicted octanol–water partition coefficient (Wildman–Crippen LogP) is 3.16. The molecule has 3 heterocycles. The molecule has 0 radical (unpaired) electrons. The highest BCUT2D eigenvalue weighted by molar-refractivity contribution is 7.89. The summed E-state index contributed by atoms with van der Waals surface area (Å²) in [4.78, 5) is 22.4. The number of benzene rings is 2. The summed E-state index contributed by atoms with van der Waals surface area (Å²) in [6, 6.07) is 18.2. The van der Waals surface area contributed by atoms with E-state index in [2.05, 4.69) is 22.0 Å². The van der Waals surface area contributed by atoms with Crippen LogP contribution in [0.15, 0.2) is 59.5 Å². The molecule has 5 rings (SSSR count). The zero-order chi connectivity index (χ0) is 25.3.